The number of halogens is 1. The summed E-state index contributed by atoms with van der Waals surface area (Å²) in [6, 6.07) is 7.57. The summed E-state index contributed by atoms with van der Waals surface area (Å²) >= 11 is 2.25. The molecule has 16 heavy (non-hydrogen) atoms. The third-order valence-corrected chi connectivity index (χ3v) is 2.81. The predicted octanol–water partition coefficient (Wildman–Crippen LogP) is 3.12. The van der Waals surface area contributed by atoms with E-state index in [4.69, 9.17) is 9.47 Å². The molecule has 2 atom stereocenters. The molecule has 0 bridgehead atoms. The van der Waals surface area contributed by atoms with Crippen molar-refractivity contribution < 1.29 is 14.3 Å². The Bertz CT molecular complexity index is 346. The summed E-state index contributed by atoms with van der Waals surface area (Å²) in [5.74, 6) is 0.538. The normalized spacial score (nSPS) is 14.0. The van der Waals surface area contributed by atoms with Crippen molar-refractivity contribution in [3.05, 3.63) is 29.8 Å². The fourth-order valence-electron chi connectivity index (χ4n) is 1.40. The maximum absolute atomic E-state index is 11.0. The highest BCUT2D eigenvalue weighted by molar-refractivity contribution is 14.1. The maximum atomic E-state index is 11.0. The maximum Gasteiger partial charge on any atom is 0.303 e. The molecule has 0 aliphatic heterocycles. The van der Waals surface area contributed by atoms with Crippen LogP contribution in [-0.4, -0.2) is 17.0 Å². The van der Waals surface area contributed by atoms with E-state index in [9.17, 15) is 4.79 Å². The van der Waals surface area contributed by atoms with E-state index < -0.39 is 0 Å². The van der Waals surface area contributed by atoms with Gasteiger partial charge in [0.2, 0.25) is 0 Å². The largest absolute Gasteiger partial charge is 0.497 e. The summed E-state index contributed by atoms with van der Waals surface area (Å²) in [6.07, 6.45) is -0.205. The highest BCUT2D eigenvalue weighted by Crippen LogP contribution is 2.28. The second-order valence-corrected chi connectivity index (χ2v) is 5.45. The van der Waals surface area contributed by atoms with Gasteiger partial charge in [-0.15, -0.1) is 0 Å². The Morgan fingerprint density at radius 1 is 1.31 bits per heavy atom. The number of carbonyl (C=O) groups is 1. The smallest absolute Gasteiger partial charge is 0.303 e. The van der Waals surface area contributed by atoms with Crippen molar-refractivity contribution >= 4 is 28.6 Å². The molecule has 0 N–H and O–H groups in total. The van der Waals surface area contributed by atoms with Gasteiger partial charge < -0.3 is 9.47 Å². The number of hydrogen-bond donors (Lipinski definition) is 0. The van der Waals surface area contributed by atoms with Crippen molar-refractivity contribution in [2.75, 3.05) is 7.11 Å². The molecule has 0 aliphatic rings. The van der Waals surface area contributed by atoms with Gasteiger partial charge in [-0.05, 0) is 24.6 Å². The molecule has 1 aromatic carbocycles. The number of hydrogen-bond acceptors (Lipinski definition) is 3. The molecule has 0 fully saturated rings. The summed E-state index contributed by atoms with van der Waals surface area (Å²) in [5.41, 5.74) is 0.984. The first-order valence-corrected chi connectivity index (χ1v) is 6.24. The molecular weight excluding hydrogens is 319 g/mol. The van der Waals surface area contributed by atoms with Crippen LogP contribution in [0.5, 0.6) is 5.75 Å². The molecule has 0 heterocycles. The van der Waals surface area contributed by atoms with Crippen LogP contribution in [0.4, 0.5) is 0 Å². The van der Waals surface area contributed by atoms with Gasteiger partial charge in [0.1, 0.15) is 11.9 Å². The molecule has 0 aromatic heterocycles. The monoisotopic (exact) mass is 334 g/mol. The Kier molecular flexibility index (Phi) is 5.05. The molecular formula is C12H15IO3. The second kappa shape index (κ2) is 6.08. The summed E-state index contributed by atoms with van der Waals surface area (Å²) in [4.78, 5) is 11.0. The number of benzene rings is 1. The fraction of sp³-hybridized carbons (Fsp3) is 0.417. The van der Waals surface area contributed by atoms with E-state index in [1.54, 1.807) is 7.11 Å². The lowest BCUT2D eigenvalue weighted by Crippen LogP contribution is -2.15. The van der Waals surface area contributed by atoms with E-state index in [1.165, 1.54) is 6.92 Å². The topological polar surface area (TPSA) is 35.5 Å². The van der Waals surface area contributed by atoms with Gasteiger partial charge in [0.25, 0.3) is 0 Å². The second-order valence-electron chi connectivity index (χ2n) is 3.48. The summed E-state index contributed by atoms with van der Waals surface area (Å²) in [7, 11) is 1.62. The van der Waals surface area contributed by atoms with Gasteiger partial charge in [0, 0.05) is 10.8 Å². The van der Waals surface area contributed by atoms with Crippen LogP contribution >= 0.6 is 22.6 Å². The number of alkyl halides is 1. The minimum atomic E-state index is -0.260. The summed E-state index contributed by atoms with van der Waals surface area (Å²) in [6.45, 7) is 3.44. The highest BCUT2D eigenvalue weighted by atomic mass is 127. The van der Waals surface area contributed by atoms with Crippen molar-refractivity contribution in [3.63, 3.8) is 0 Å². The van der Waals surface area contributed by atoms with E-state index >= 15 is 0 Å². The van der Waals surface area contributed by atoms with Crippen LogP contribution in [0.1, 0.15) is 25.5 Å². The van der Waals surface area contributed by atoms with E-state index in [0.29, 0.717) is 0 Å². The van der Waals surface area contributed by atoms with Gasteiger partial charge in [0.15, 0.2) is 0 Å². The third kappa shape index (κ3) is 3.66. The first kappa shape index (κ1) is 13.3. The minimum Gasteiger partial charge on any atom is -0.497 e. The molecule has 2 unspecified atom stereocenters. The standard InChI is InChI=1S/C12H15IO3/c1-8(13)12(16-9(2)14)10-4-6-11(15-3)7-5-10/h4-8,12H,1-3H3. The summed E-state index contributed by atoms with van der Waals surface area (Å²) < 4.78 is 10.6. The lowest BCUT2D eigenvalue weighted by atomic mass is 10.1. The molecule has 0 spiro atoms. The van der Waals surface area contributed by atoms with E-state index in [-0.39, 0.29) is 16.0 Å². The van der Waals surface area contributed by atoms with Crippen molar-refractivity contribution in [1.82, 2.24) is 0 Å². The molecule has 3 nitrogen and oxygen atoms in total. The molecule has 0 amide bonds. The Morgan fingerprint density at radius 3 is 2.25 bits per heavy atom. The van der Waals surface area contributed by atoms with Crippen LogP contribution in [0.15, 0.2) is 24.3 Å². The zero-order valence-electron chi connectivity index (χ0n) is 9.57. The predicted molar refractivity (Wildman–Crippen MR) is 71.0 cm³/mol. The van der Waals surface area contributed by atoms with E-state index in [2.05, 4.69) is 22.6 Å². The molecule has 1 aromatic rings. The van der Waals surface area contributed by atoms with Crippen molar-refractivity contribution in [2.45, 2.75) is 23.9 Å². The van der Waals surface area contributed by atoms with Crippen LogP contribution in [0.25, 0.3) is 0 Å². The molecule has 0 radical (unpaired) electrons. The van der Waals surface area contributed by atoms with Gasteiger partial charge in [-0.25, -0.2) is 0 Å². The number of esters is 1. The fourth-order valence-corrected chi connectivity index (χ4v) is 1.96. The summed E-state index contributed by atoms with van der Waals surface area (Å²) in [5, 5.41) is 0. The van der Waals surface area contributed by atoms with E-state index in [0.717, 1.165) is 11.3 Å². The van der Waals surface area contributed by atoms with Gasteiger partial charge in [-0.1, -0.05) is 34.7 Å². The average molecular weight is 334 g/mol. The van der Waals surface area contributed by atoms with Crippen molar-refractivity contribution in [1.29, 1.82) is 0 Å². The van der Waals surface area contributed by atoms with Gasteiger partial charge in [-0.3, -0.25) is 4.79 Å². The van der Waals surface area contributed by atoms with Crippen molar-refractivity contribution in [3.8, 4) is 5.75 Å². The van der Waals surface area contributed by atoms with Crippen LogP contribution in [-0.2, 0) is 9.53 Å². The zero-order valence-corrected chi connectivity index (χ0v) is 11.7. The minimum absolute atomic E-state index is 0.205. The number of carbonyl (C=O) groups excluding carboxylic acids is 1. The SMILES string of the molecule is COc1ccc(C(OC(C)=O)C(C)I)cc1. The Labute approximate surface area is 109 Å². The molecule has 1 rings (SSSR count). The van der Waals surface area contributed by atoms with Crippen molar-refractivity contribution in [2.24, 2.45) is 0 Å². The van der Waals surface area contributed by atoms with Crippen LogP contribution in [0, 0.1) is 0 Å². The van der Waals surface area contributed by atoms with Crippen LogP contribution in [0.3, 0.4) is 0 Å². The number of rotatable bonds is 4. The quantitative estimate of drug-likeness (QED) is 0.482. The first-order chi connectivity index (χ1) is 7.54. The van der Waals surface area contributed by atoms with Gasteiger partial charge >= 0.3 is 5.97 Å². The van der Waals surface area contributed by atoms with Gasteiger partial charge in [0.05, 0.1) is 7.11 Å². The number of ether oxygens (including phenoxy) is 2. The lowest BCUT2D eigenvalue weighted by Gasteiger charge is -2.20. The molecule has 4 heteroatoms. The lowest BCUT2D eigenvalue weighted by molar-refractivity contribution is -0.146. The highest BCUT2D eigenvalue weighted by Gasteiger charge is 2.19. The zero-order chi connectivity index (χ0) is 12.1. The Balaban J connectivity index is 2.88. The number of methoxy groups -OCH3 is 1. The third-order valence-electron chi connectivity index (χ3n) is 2.15. The average Bonchev–Trinajstić information content (AvgIpc) is 2.25. The first-order valence-electron chi connectivity index (χ1n) is 5.00. The van der Waals surface area contributed by atoms with Gasteiger partial charge in [-0.2, -0.15) is 0 Å². The molecule has 88 valence electrons. The van der Waals surface area contributed by atoms with Crippen LogP contribution < -0.4 is 4.74 Å². The molecule has 0 saturated carbocycles. The molecule has 0 saturated heterocycles. The van der Waals surface area contributed by atoms with E-state index in [1.807, 2.05) is 31.2 Å². The Morgan fingerprint density at radius 2 is 1.88 bits per heavy atom. The van der Waals surface area contributed by atoms with Crippen LogP contribution in [0.2, 0.25) is 0 Å². The molecule has 0 aliphatic carbocycles. The Hall–Kier alpha value is -0.780.